The number of methoxy groups -OCH3 is 1. The number of ether oxygens (including phenoxy) is 1. The number of nitrogens with one attached hydrogen (secondary N) is 3. The molecule has 1 saturated heterocycles. The van der Waals surface area contributed by atoms with Crippen molar-refractivity contribution in [1.29, 1.82) is 0 Å². The molecule has 1 heterocycles. The van der Waals surface area contributed by atoms with Crippen LogP contribution >= 0.6 is 12.2 Å². The third kappa shape index (κ3) is 4.86. The van der Waals surface area contributed by atoms with Gasteiger partial charge in [0.1, 0.15) is 11.8 Å². The van der Waals surface area contributed by atoms with Gasteiger partial charge in [-0.3, -0.25) is 0 Å². The van der Waals surface area contributed by atoms with Crippen molar-refractivity contribution >= 4 is 17.3 Å². The fourth-order valence-corrected chi connectivity index (χ4v) is 3.06. The quantitative estimate of drug-likeness (QED) is 0.677. The van der Waals surface area contributed by atoms with Gasteiger partial charge in [-0.1, -0.05) is 12.1 Å². The molecule has 0 bridgehead atoms. The molecule has 0 amide bonds. The van der Waals surface area contributed by atoms with Gasteiger partial charge in [0, 0.05) is 19.4 Å². The third-order valence-corrected chi connectivity index (χ3v) is 4.49. The van der Waals surface area contributed by atoms with Crippen LogP contribution in [0.4, 0.5) is 0 Å². The van der Waals surface area contributed by atoms with E-state index in [0.29, 0.717) is 6.04 Å². The van der Waals surface area contributed by atoms with Crippen molar-refractivity contribution in [3.63, 3.8) is 0 Å². The Morgan fingerprint density at radius 2 is 2.10 bits per heavy atom. The van der Waals surface area contributed by atoms with Crippen molar-refractivity contribution in [2.24, 2.45) is 0 Å². The van der Waals surface area contributed by atoms with Gasteiger partial charge in [0.25, 0.3) is 0 Å². The molecule has 5 heteroatoms. The lowest BCUT2D eigenvalue weighted by atomic mass is 10.2. The highest BCUT2D eigenvalue weighted by Gasteiger charge is 2.26. The van der Waals surface area contributed by atoms with Gasteiger partial charge in [-0.05, 0) is 36.8 Å². The molecule has 116 valence electrons. The van der Waals surface area contributed by atoms with E-state index in [1.54, 1.807) is 12.0 Å². The van der Waals surface area contributed by atoms with E-state index in [4.69, 9.17) is 17.0 Å². The van der Waals surface area contributed by atoms with Gasteiger partial charge in [0.05, 0.1) is 26.7 Å². The van der Waals surface area contributed by atoms with Crippen LogP contribution in [0, 0.1) is 0 Å². The zero-order valence-corrected chi connectivity index (χ0v) is 13.8. The summed E-state index contributed by atoms with van der Waals surface area (Å²) in [6.07, 6.45) is 2.64. The smallest absolute Gasteiger partial charge is 0.166 e. The lowest BCUT2D eigenvalue weighted by Crippen LogP contribution is -3.14. The summed E-state index contributed by atoms with van der Waals surface area (Å²) in [5.74, 6) is 0.878. The average molecular weight is 308 g/mol. The van der Waals surface area contributed by atoms with Gasteiger partial charge in [0.15, 0.2) is 5.11 Å². The predicted molar refractivity (Wildman–Crippen MR) is 89.8 cm³/mol. The van der Waals surface area contributed by atoms with Crippen molar-refractivity contribution in [1.82, 2.24) is 10.6 Å². The molecule has 1 aliphatic rings. The van der Waals surface area contributed by atoms with Gasteiger partial charge in [0.2, 0.25) is 0 Å². The van der Waals surface area contributed by atoms with Gasteiger partial charge in [-0.25, -0.2) is 0 Å². The Morgan fingerprint density at radius 3 is 2.76 bits per heavy atom. The highest BCUT2D eigenvalue weighted by molar-refractivity contribution is 7.80. The summed E-state index contributed by atoms with van der Waals surface area (Å²) in [7, 11) is 1.68. The monoisotopic (exact) mass is 308 g/mol. The highest BCUT2D eigenvalue weighted by Crippen LogP contribution is 2.10. The second-order valence-corrected chi connectivity index (χ2v) is 5.92. The molecule has 2 rings (SSSR count). The summed E-state index contributed by atoms with van der Waals surface area (Å²) in [4.78, 5) is 1.69. The Morgan fingerprint density at radius 1 is 1.33 bits per heavy atom. The number of hydrogen-bond acceptors (Lipinski definition) is 2. The van der Waals surface area contributed by atoms with Crippen LogP contribution < -0.4 is 20.3 Å². The zero-order valence-electron chi connectivity index (χ0n) is 12.9. The SMILES string of the molecule is CC[NH+]1CCC[C@@H]1CNC(=S)NCc1ccc(OC)cc1. The first-order valence-corrected chi connectivity index (χ1v) is 8.13. The molecule has 0 radical (unpaired) electrons. The van der Waals surface area contributed by atoms with E-state index in [2.05, 4.69) is 17.6 Å². The lowest BCUT2D eigenvalue weighted by Gasteiger charge is -2.21. The van der Waals surface area contributed by atoms with Gasteiger partial charge in [-0.2, -0.15) is 0 Å². The van der Waals surface area contributed by atoms with Crippen LogP contribution in [-0.2, 0) is 6.54 Å². The number of thiocarbonyl (C=S) groups is 1. The van der Waals surface area contributed by atoms with E-state index in [1.807, 2.05) is 24.3 Å². The molecule has 1 aliphatic heterocycles. The van der Waals surface area contributed by atoms with E-state index in [-0.39, 0.29) is 0 Å². The Kier molecular flexibility index (Phi) is 6.26. The summed E-state index contributed by atoms with van der Waals surface area (Å²) in [5, 5.41) is 7.36. The van der Waals surface area contributed by atoms with Crippen molar-refractivity contribution in [2.45, 2.75) is 32.4 Å². The van der Waals surface area contributed by atoms with Crippen LogP contribution in [-0.4, -0.2) is 37.9 Å². The van der Waals surface area contributed by atoms with E-state index >= 15 is 0 Å². The molecule has 4 nitrogen and oxygen atoms in total. The van der Waals surface area contributed by atoms with Crippen LogP contribution in [0.2, 0.25) is 0 Å². The highest BCUT2D eigenvalue weighted by atomic mass is 32.1. The van der Waals surface area contributed by atoms with E-state index in [0.717, 1.165) is 24.0 Å². The molecule has 21 heavy (non-hydrogen) atoms. The Balaban J connectivity index is 1.69. The number of benzene rings is 1. The second kappa shape index (κ2) is 8.20. The maximum atomic E-state index is 5.36. The molecule has 1 aromatic rings. The first-order valence-electron chi connectivity index (χ1n) is 7.72. The summed E-state index contributed by atoms with van der Waals surface area (Å²) >= 11 is 5.36. The first-order chi connectivity index (χ1) is 10.2. The van der Waals surface area contributed by atoms with E-state index < -0.39 is 0 Å². The topological polar surface area (TPSA) is 37.7 Å². The number of quaternary nitrogens is 1. The number of likely N-dealkylation sites (N-methyl/N-ethyl adjacent to an activating group) is 1. The van der Waals surface area contributed by atoms with Crippen LogP contribution in [0.3, 0.4) is 0 Å². The van der Waals surface area contributed by atoms with Gasteiger partial charge < -0.3 is 20.3 Å². The number of likely N-dealkylation sites (tertiary alicyclic amines) is 1. The maximum Gasteiger partial charge on any atom is 0.166 e. The molecule has 0 saturated carbocycles. The summed E-state index contributed by atoms with van der Waals surface area (Å²) in [5.41, 5.74) is 1.20. The average Bonchev–Trinajstić information content (AvgIpc) is 2.99. The Labute approximate surface area is 132 Å². The Bertz CT molecular complexity index is 449. The zero-order chi connectivity index (χ0) is 15.1. The van der Waals surface area contributed by atoms with Crippen molar-refractivity contribution < 1.29 is 9.64 Å². The summed E-state index contributed by atoms with van der Waals surface area (Å²) in [6.45, 7) is 6.48. The fraction of sp³-hybridized carbons (Fsp3) is 0.562. The molecule has 0 spiro atoms. The van der Waals surface area contributed by atoms with Crippen LogP contribution in [0.1, 0.15) is 25.3 Å². The van der Waals surface area contributed by atoms with Crippen molar-refractivity contribution in [2.75, 3.05) is 26.7 Å². The largest absolute Gasteiger partial charge is 0.497 e. The second-order valence-electron chi connectivity index (χ2n) is 5.51. The molecule has 0 aliphatic carbocycles. The molecule has 1 fully saturated rings. The van der Waals surface area contributed by atoms with Crippen LogP contribution in [0.5, 0.6) is 5.75 Å². The molecule has 0 aromatic heterocycles. The number of hydrogen-bond donors (Lipinski definition) is 3. The fourth-order valence-electron chi connectivity index (χ4n) is 2.90. The van der Waals surface area contributed by atoms with Gasteiger partial charge in [-0.15, -0.1) is 0 Å². The minimum absolute atomic E-state index is 0.704. The molecular formula is C16H26N3OS+. The minimum atomic E-state index is 0.704. The molecule has 2 atom stereocenters. The molecule has 3 N–H and O–H groups in total. The number of rotatable bonds is 6. The van der Waals surface area contributed by atoms with E-state index in [1.165, 1.54) is 31.5 Å². The van der Waals surface area contributed by atoms with Crippen molar-refractivity contribution in [3.05, 3.63) is 29.8 Å². The van der Waals surface area contributed by atoms with E-state index in [9.17, 15) is 0 Å². The summed E-state index contributed by atoms with van der Waals surface area (Å²) in [6, 6.07) is 8.74. The molecule has 1 aromatic carbocycles. The van der Waals surface area contributed by atoms with Gasteiger partial charge >= 0.3 is 0 Å². The summed E-state index contributed by atoms with van der Waals surface area (Å²) < 4.78 is 5.15. The lowest BCUT2D eigenvalue weighted by molar-refractivity contribution is -0.909. The van der Waals surface area contributed by atoms with Crippen LogP contribution in [0.25, 0.3) is 0 Å². The third-order valence-electron chi connectivity index (χ3n) is 4.20. The van der Waals surface area contributed by atoms with Crippen molar-refractivity contribution in [3.8, 4) is 5.75 Å². The minimum Gasteiger partial charge on any atom is -0.497 e. The Hall–Kier alpha value is -1.33. The normalized spacial score (nSPS) is 21.0. The maximum absolute atomic E-state index is 5.36. The standard InChI is InChI=1S/C16H25N3OS/c1-3-19-10-4-5-14(19)12-18-16(21)17-11-13-6-8-15(20-2)9-7-13/h6-9,14H,3-5,10-12H2,1-2H3,(H2,17,18,21)/p+1/t14-/m1/s1. The molecule has 1 unspecified atom stereocenters. The predicted octanol–water partition coefficient (Wildman–Crippen LogP) is 0.727. The molecular weight excluding hydrogens is 282 g/mol. The first kappa shape index (κ1) is 16.0. The van der Waals surface area contributed by atoms with Crippen LogP contribution in [0.15, 0.2) is 24.3 Å².